The van der Waals surface area contributed by atoms with E-state index in [0.717, 1.165) is 44.0 Å². The highest BCUT2D eigenvalue weighted by molar-refractivity contribution is 6.30. The molecule has 3 aliphatic heterocycles. The number of fused-ring (bicyclic) bond motifs is 1. The SMILES string of the molecule is O=C1/C=C\C(=O)ON2C(=O)OC(CCN3CCN(c4cccc(Cl)c4)CC3)C2O1. The van der Waals surface area contributed by atoms with Crippen LogP contribution in [0, 0.1) is 0 Å². The summed E-state index contributed by atoms with van der Waals surface area (Å²) in [7, 11) is 0. The van der Waals surface area contributed by atoms with Crippen LogP contribution in [0.4, 0.5) is 10.5 Å². The average molecular weight is 422 g/mol. The van der Waals surface area contributed by atoms with Crippen molar-refractivity contribution in [3.63, 3.8) is 0 Å². The quantitative estimate of drug-likeness (QED) is 0.677. The van der Waals surface area contributed by atoms with Crippen molar-refractivity contribution in [3.05, 3.63) is 41.4 Å². The molecule has 0 spiro atoms. The molecule has 0 aromatic heterocycles. The first-order valence-corrected chi connectivity index (χ1v) is 9.71. The molecule has 29 heavy (non-hydrogen) atoms. The van der Waals surface area contributed by atoms with Crippen LogP contribution in [0.25, 0.3) is 0 Å². The second-order valence-electron chi connectivity index (χ2n) is 6.92. The Hall–Kier alpha value is -2.78. The molecule has 4 rings (SSSR count). The lowest BCUT2D eigenvalue weighted by atomic mass is 10.2. The number of nitrogens with zero attached hydrogens (tertiary/aromatic N) is 3. The van der Waals surface area contributed by atoms with Crippen LogP contribution >= 0.6 is 11.6 Å². The first-order valence-electron chi connectivity index (χ1n) is 9.33. The fourth-order valence-electron chi connectivity index (χ4n) is 3.54. The molecule has 3 heterocycles. The van der Waals surface area contributed by atoms with Gasteiger partial charge in [0.25, 0.3) is 6.23 Å². The van der Waals surface area contributed by atoms with Gasteiger partial charge in [0.1, 0.15) is 0 Å². The summed E-state index contributed by atoms with van der Waals surface area (Å²) >= 11 is 6.07. The Labute approximate surface area is 172 Å². The van der Waals surface area contributed by atoms with E-state index in [4.69, 9.17) is 25.9 Å². The number of carbonyl (C=O) groups is 3. The number of amides is 1. The number of piperazine rings is 1. The van der Waals surface area contributed by atoms with E-state index in [-0.39, 0.29) is 0 Å². The number of hydroxylamine groups is 2. The fourth-order valence-corrected chi connectivity index (χ4v) is 3.73. The van der Waals surface area contributed by atoms with Gasteiger partial charge in [-0.2, -0.15) is 0 Å². The number of benzene rings is 1. The molecule has 1 aromatic rings. The Kier molecular flexibility index (Phi) is 5.59. The first-order chi connectivity index (χ1) is 14.0. The Balaban J connectivity index is 1.31. The van der Waals surface area contributed by atoms with E-state index in [1.807, 2.05) is 24.3 Å². The predicted molar refractivity (Wildman–Crippen MR) is 102 cm³/mol. The van der Waals surface area contributed by atoms with Crippen LogP contribution in [-0.4, -0.2) is 73.1 Å². The zero-order valence-corrected chi connectivity index (χ0v) is 16.3. The molecular weight excluding hydrogens is 402 g/mol. The molecular formula is C19H20ClN3O6. The van der Waals surface area contributed by atoms with Crippen LogP contribution in [-0.2, 0) is 23.9 Å². The zero-order chi connectivity index (χ0) is 20.4. The molecule has 10 heteroatoms. The second kappa shape index (κ2) is 8.30. The van der Waals surface area contributed by atoms with E-state index < -0.39 is 30.4 Å². The third-order valence-electron chi connectivity index (χ3n) is 5.04. The van der Waals surface area contributed by atoms with Gasteiger partial charge in [0.2, 0.25) is 0 Å². The molecule has 154 valence electrons. The number of halogens is 1. The summed E-state index contributed by atoms with van der Waals surface area (Å²) in [5.74, 6) is -1.56. The first kappa shape index (κ1) is 19.5. The third kappa shape index (κ3) is 4.46. The van der Waals surface area contributed by atoms with E-state index in [9.17, 15) is 14.4 Å². The van der Waals surface area contributed by atoms with E-state index in [2.05, 4.69) is 9.80 Å². The number of carbonyl (C=O) groups excluding carboxylic acids is 3. The highest BCUT2D eigenvalue weighted by atomic mass is 35.5. The van der Waals surface area contributed by atoms with Crippen LogP contribution < -0.4 is 4.90 Å². The predicted octanol–water partition coefficient (Wildman–Crippen LogP) is 1.57. The van der Waals surface area contributed by atoms with Crippen molar-refractivity contribution in [2.75, 3.05) is 37.6 Å². The number of esters is 1. The van der Waals surface area contributed by atoms with Crippen molar-refractivity contribution in [3.8, 4) is 0 Å². The van der Waals surface area contributed by atoms with Gasteiger partial charge in [-0.25, -0.2) is 14.4 Å². The molecule has 0 bridgehead atoms. The van der Waals surface area contributed by atoms with Gasteiger partial charge in [0.05, 0.1) is 0 Å². The molecule has 0 aliphatic carbocycles. The Morgan fingerprint density at radius 2 is 1.76 bits per heavy atom. The number of ether oxygens (including phenoxy) is 2. The molecule has 0 saturated carbocycles. The van der Waals surface area contributed by atoms with Gasteiger partial charge in [-0.1, -0.05) is 22.7 Å². The maximum atomic E-state index is 12.0. The van der Waals surface area contributed by atoms with Crippen LogP contribution in [0.2, 0.25) is 5.02 Å². The molecule has 0 radical (unpaired) electrons. The van der Waals surface area contributed by atoms with Crippen molar-refractivity contribution in [2.24, 2.45) is 0 Å². The molecule has 2 unspecified atom stereocenters. The van der Waals surface area contributed by atoms with Gasteiger partial charge in [0.15, 0.2) is 6.10 Å². The fraction of sp³-hybridized carbons (Fsp3) is 0.421. The van der Waals surface area contributed by atoms with E-state index in [1.54, 1.807) is 0 Å². The molecule has 1 aromatic carbocycles. The topological polar surface area (TPSA) is 88.6 Å². The molecule has 2 atom stereocenters. The van der Waals surface area contributed by atoms with Crippen molar-refractivity contribution in [1.82, 2.24) is 9.96 Å². The lowest BCUT2D eigenvalue weighted by molar-refractivity contribution is -0.210. The normalized spacial score (nSPS) is 26.2. The van der Waals surface area contributed by atoms with Gasteiger partial charge < -0.3 is 19.2 Å². The highest BCUT2D eigenvalue weighted by Crippen LogP contribution is 2.26. The van der Waals surface area contributed by atoms with Crippen molar-refractivity contribution in [1.29, 1.82) is 0 Å². The molecule has 0 N–H and O–H groups in total. The van der Waals surface area contributed by atoms with Crippen molar-refractivity contribution in [2.45, 2.75) is 18.8 Å². The van der Waals surface area contributed by atoms with E-state index in [1.165, 1.54) is 0 Å². The van der Waals surface area contributed by atoms with E-state index >= 15 is 0 Å². The second-order valence-corrected chi connectivity index (χ2v) is 7.35. The summed E-state index contributed by atoms with van der Waals surface area (Å²) in [5.41, 5.74) is 1.09. The number of anilines is 1. The maximum absolute atomic E-state index is 12.0. The van der Waals surface area contributed by atoms with Crippen LogP contribution in [0.3, 0.4) is 0 Å². The summed E-state index contributed by atoms with van der Waals surface area (Å²) in [5, 5.41) is 1.40. The number of rotatable bonds is 4. The lowest BCUT2D eigenvalue weighted by Crippen LogP contribution is -2.48. The Bertz CT molecular complexity index is 839. The Morgan fingerprint density at radius 3 is 2.52 bits per heavy atom. The lowest BCUT2D eigenvalue weighted by Gasteiger charge is -2.36. The van der Waals surface area contributed by atoms with Crippen LogP contribution in [0.1, 0.15) is 6.42 Å². The molecule has 2 saturated heterocycles. The molecule has 2 fully saturated rings. The molecule has 3 aliphatic rings. The van der Waals surface area contributed by atoms with Gasteiger partial charge >= 0.3 is 18.0 Å². The molecule has 1 amide bonds. The number of hydrogen-bond donors (Lipinski definition) is 0. The van der Waals surface area contributed by atoms with Crippen LogP contribution in [0.15, 0.2) is 36.4 Å². The summed E-state index contributed by atoms with van der Waals surface area (Å²) < 4.78 is 10.5. The third-order valence-corrected chi connectivity index (χ3v) is 5.27. The average Bonchev–Trinajstić information content (AvgIpc) is 2.98. The van der Waals surface area contributed by atoms with Gasteiger partial charge in [-0.15, -0.1) is 0 Å². The standard InChI is InChI=1S/C19H20ClN3O6/c20-13-2-1-3-14(12-13)22-10-8-21(9-11-22)7-6-15-18-23(19(26)27-15)29-17(25)5-4-16(24)28-18/h1-5,12,15,18H,6-11H2/b5-4-. The van der Waals surface area contributed by atoms with Gasteiger partial charge in [-0.05, 0) is 18.2 Å². The zero-order valence-electron chi connectivity index (χ0n) is 15.5. The van der Waals surface area contributed by atoms with Crippen LogP contribution in [0.5, 0.6) is 0 Å². The number of hydrogen-bond acceptors (Lipinski definition) is 8. The van der Waals surface area contributed by atoms with Gasteiger partial charge in [0, 0.05) is 62.0 Å². The Morgan fingerprint density at radius 1 is 1.00 bits per heavy atom. The van der Waals surface area contributed by atoms with E-state index in [0.29, 0.717) is 23.1 Å². The summed E-state index contributed by atoms with van der Waals surface area (Å²) in [6, 6.07) is 7.76. The summed E-state index contributed by atoms with van der Waals surface area (Å²) in [6.07, 6.45) is -0.332. The summed E-state index contributed by atoms with van der Waals surface area (Å²) in [4.78, 5) is 44.7. The van der Waals surface area contributed by atoms with Gasteiger partial charge in [-0.3, -0.25) is 4.90 Å². The van der Waals surface area contributed by atoms with Crippen molar-refractivity contribution >= 4 is 35.3 Å². The van der Waals surface area contributed by atoms with Crippen molar-refractivity contribution < 1.29 is 28.7 Å². The summed E-state index contributed by atoms with van der Waals surface area (Å²) in [6.45, 7) is 4.00. The minimum atomic E-state index is -1.09. The smallest absolute Gasteiger partial charge is 0.438 e. The molecule has 9 nitrogen and oxygen atoms in total. The maximum Gasteiger partial charge on any atom is 0.447 e. The monoisotopic (exact) mass is 421 g/mol. The number of cyclic esters (lactones) is 1. The highest BCUT2D eigenvalue weighted by Gasteiger charge is 2.47. The minimum absolute atomic E-state index is 0.443. The largest absolute Gasteiger partial charge is 0.447 e. The minimum Gasteiger partial charge on any atom is -0.438 e.